The number of hydrogen-bond donors (Lipinski definition) is 1. The van der Waals surface area contributed by atoms with E-state index in [0.29, 0.717) is 11.5 Å². The largest absolute Gasteiger partial charge is 0.497 e. The predicted molar refractivity (Wildman–Crippen MR) is 132 cm³/mol. The van der Waals surface area contributed by atoms with E-state index in [1.54, 1.807) is 7.11 Å². The van der Waals surface area contributed by atoms with Gasteiger partial charge in [-0.1, -0.05) is 30.3 Å². The molecule has 6 nitrogen and oxygen atoms in total. The third kappa shape index (κ3) is 4.54. The van der Waals surface area contributed by atoms with Crippen LogP contribution < -0.4 is 15.0 Å². The van der Waals surface area contributed by atoms with Gasteiger partial charge in [0.2, 0.25) is 0 Å². The van der Waals surface area contributed by atoms with Crippen LogP contribution in [-0.2, 0) is 6.54 Å². The van der Waals surface area contributed by atoms with Crippen molar-refractivity contribution in [2.75, 3.05) is 38.2 Å². The molecule has 1 aliphatic carbocycles. The van der Waals surface area contributed by atoms with E-state index in [2.05, 4.69) is 71.4 Å². The van der Waals surface area contributed by atoms with Crippen molar-refractivity contribution in [3.8, 4) is 5.75 Å². The smallest absolute Gasteiger partial charge is 0.318 e. The maximum absolute atomic E-state index is 13.1. The van der Waals surface area contributed by atoms with Crippen molar-refractivity contribution in [2.24, 2.45) is 5.41 Å². The molecule has 3 aliphatic rings. The van der Waals surface area contributed by atoms with Gasteiger partial charge in [0.05, 0.1) is 7.11 Å². The number of urea groups is 1. The number of nitrogens with zero attached hydrogens (tertiary/aromatic N) is 3. The first-order chi connectivity index (χ1) is 15.9. The molecule has 1 saturated carbocycles. The number of likely N-dealkylation sites (tertiary alicyclic amines) is 1. The lowest BCUT2D eigenvalue weighted by Gasteiger charge is -2.59. The Labute approximate surface area is 197 Å². The van der Waals surface area contributed by atoms with Crippen LogP contribution in [0.15, 0.2) is 54.6 Å². The summed E-state index contributed by atoms with van der Waals surface area (Å²) in [4.78, 5) is 20.1. The number of benzene rings is 2. The summed E-state index contributed by atoms with van der Waals surface area (Å²) >= 11 is 0. The van der Waals surface area contributed by atoms with E-state index in [-0.39, 0.29) is 18.1 Å². The molecule has 5 rings (SSSR count). The molecule has 6 heteroatoms. The van der Waals surface area contributed by atoms with Gasteiger partial charge in [-0.2, -0.15) is 0 Å². The summed E-state index contributed by atoms with van der Waals surface area (Å²) in [6.07, 6.45) is 2.22. The van der Waals surface area contributed by atoms with Crippen molar-refractivity contribution in [3.63, 3.8) is 0 Å². The van der Waals surface area contributed by atoms with Crippen LogP contribution in [0.3, 0.4) is 0 Å². The first-order valence-corrected chi connectivity index (χ1v) is 12.2. The summed E-state index contributed by atoms with van der Waals surface area (Å²) in [5.74, 6) is 0.866. The van der Waals surface area contributed by atoms with Crippen molar-refractivity contribution < 1.29 is 9.53 Å². The van der Waals surface area contributed by atoms with Crippen LogP contribution in [0.25, 0.3) is 0 Å². The molecule has 2 heterocycles. The first-order valence-electron chi connectivity index (χ1n) is 12.2. The van der Waals surface area contributed by atoms with Crippen molar-refractivity contribution >= 4 is 11.7 Å². The predicted octanol–water partition coefficient (Wildman–Crippen LogP) is 3.97. The highest BCUT2D eigenvalue weighted by Crippen LogP contribution is 2.48. The second-order valence-corrected chi connectivity index (χ2v) is 10.4. The quantitative estimate of drug-likeness (QED) is 0.752. The molecule has 2 aromatic rings. The van der Waals surface area contributed by atoms with Gasteiger partial charge in [-0.3, -0.25) is 4.90 Å². The lowest BCUT2D eigenvalue weighted by molar-refractivity contribution is -0.0812. The van der Waals surface area contributed by atoms with E-state index >= 15 is 0 Å². The van der Waals surface area contributed by atoms with Crippen LogP contribution in [0.5, 0.6) is 5.75 Å². The van der Waals surface area contributed by atoms with Gasteiger partial charge in [-0.15, -0.1) is 0 Å². The van der Waals surface area contributed by atoms with Gasteiger partial charge in [0, 0.05) is 56.5 Å². The Morgan fingerprint density at radius 3 is 2.24 bits per heavy atom. The Bertz CT molecular complexity index is 938. The number of carbonyl (C=O) groups is 1. The van der Waals surface area contributed by atoms with E-state index in [9.17, 15) is 4.79 Å². The van der Waals surface area contributed by atoms with Gasteiger partial charge in [-0.25, -0.2) is 4.79 Å². The molecule has 2 saturated heterocycles. The Kier molecular flexibility index (Phi) is 5.95. The van der Waals surface area contributed by atoms with Gasteiger partial charge >= 0.3 is 6.03 Å². The molecule has 2 aromatic carbocycles. The zero-order chi connectivity index (χ0) is 23.0. The van der Waals surface area contributed by atoms with E-state index in [4.69, 9.17) is 4.74 Å². The number of anilines is 1. The van der Waals surface area contributed by atoms with Crippen molar-refractivity contribution in [3.05, 3.63) is 60.2 Å². The number of carbonyl (C=O) groups excluding carboxylic acids is 1. The molecule has 0 radical (unpaired) electrons. The Hall–Kier alpha value is -2.73. The molecule has 0 bridgehead atoms. The fourth-order valence-corrected chi connectivity index (χ4v) is 6.18. The van der Waals surface area contributed by atoms with Crippen LogP contribution >= 0.6 is 0 Å². The van der Waals surface area contributed by atoms with Crippen molar-refractivity contribution in [1.82, 2.24) is 15.1 Å². The number of nitrogens with one attached hydrogen (secondary N) is 1. The standard InChI is InChI=1S/C27H36N4O2/c1-20-15-30(24-9-11-25(33-3)12-10-24)16-21(2)31(20)26(32)28-23-13-27(14-23)18-29(19-27)17-22-7-5-4-6-8-22/h4-12,20-21,23H,13-19H2,1-3H3,(H,28,32)/t20-,21+. The lowest BCUT2D eigenvalue weighted by atomic mass is 9.60. The van der Waals surface area contributed by atoms with Gasteiger partial charge in [-0.05, 0) is 61.9 Å². The van der Waals surface area contributed by atoms with E-state index in [1.807, 2.05) is 17.0 Å². The maximum atomic E-state index is 13.1. The minimum atomic E-state index is 0.102. The maximum Gasteiger partial charge on any atom is 0.318 e. The summed E-state index contributed by atoms with van der Waals surface area (Å²) in [7, 11) is 1.69. The van der Waals surface area contributed by atoms with Crippen molar-refractivity contribution in [1.29, 1.82) is 0 Å². The lowest BCUT2D eigenvalue weighted by Crippen LogP contribution is -2.68. The third-order valence-corrected chi connectivity index (χ3v) is 7.64. The van der Waals surface area contributed by atoms with Gasteiger partial charge in [0.1, 0.15) is 5.75 Å². The number of piperazine rings is 1. The Morgan fingerprint density at radius 2 is 1.64 bits per heavy atom. The molecular weight excluding hydrogens is 412 g/mol. The van der Waals surface area contributed by atoms with Crippen LogP contribution in [0.2, 0.25) is 0 Å². The first kappa shape index (κ1) is 22.1. The Morgan fingerprint density at radius 1 is 1.00 bits per heavy atom. The zero-order valence-corrected chi connectivity index (χ0v) is 20.0. The highest BCUT2D eigenvalue weighted by Gasteiger charge is 2.52. The highest BCUT2D eigenvalue weighted by molar-refractivity contribution is 5.76. The molecule has 3 fully saturated rings. The summed E-state index contributed by atoms with van der Waals surface area (Å²) < 4.78 is 5.28. The minimum absolute atomic E-state index is 0.102. The average molecular weight is 449 g/mol. The molecule has 33 heavy (non-hydrogen) atoms. The van der Waals surface area contributed by atoms with Crippen LogP contribution in [0, 0.1) is 5.41 Å². The summed E-state index contributed by atoms with van der Waals surface area (Å²) in [6, 6.07) is 19.6. The van der Waals surface area contributed by atoms with E-state index in [0.717, 1.165) is 51.3 Å². The Balaban J connectivity index is 1.09. The van der Waals surface area contributed by atoms with Gasteiger partial charge < -0.3 is 19.9 Å². The molecule has 2 amide bonds. The van der Waals surface area contributed by atoms with E-state index in [1.165, 1.54) is 11.3 Å². The van der Waals surface area contributed by atoms with Crippen molar-refractivity contribution in [2.45, 2.75) is 51.4 Å². The summed E-state index contributed by atoms with van der Waals surface area (Å²) in [5.41, 5.74) is 2.99. The second-order valence-electron chi connectivity index (χ2n) is 10.4. The summed E-state index contributed by atoms with van der Waals surface area (Å²) in [5, 5.41) is 3.34. The number of methoxy groups -OCH3 is 1. The average Bonchev–Trinajstić information content (AvgIpc) is 2.76. The molecule has 176 valence electrons. The van der Waals surface area contributed by atoms with E-state index < -0.39 is 0 Å². The number of rotatable bonds is 5. The highest BCUT2D eigenvalue weighted by atomic mass is 16.5. The normalized spacial score (nSPS) is 24.8. The molecular formula is C27H36N4O2. The fourth-order valence-electron chi connectivity index (χ4n) is 6.18. The SMILES string of the molecule is COc1ccc(N2C[C@@H](C)N(C(=O)NC3CC4(C3)CN(Cc3ccccc3)C4)[C@@H](C)C2)cc1. The molecule has 0 unspecified atom stereocenters. The molecule has 0 aromatic heterocycles. The molecule has 1 spiro atoms. The minimum Gasteiger partial charge on any atom is -0.497 e. The number of amides is 2. The van der Waals surface area contributed by atoms with Crippen LogP contribution in [0.4, 0.5) is 10.5 Å². The third-order valence-electron chi connectivity index (χ3n) is 7.64. The number of hydrogen-bond acceptors (Lipinski definition) is 4. The number of ether oxygens (including phenoxy) is 1. The van der Waals surface area contributed by atoms with Crippen LogP contribution in [0.1, 0.15) is 32.3 Å². The molecule has 1 N–H and O–H groups in total. The zero-order valence-electron chi connectivity index (χ0n) is 20.0. The monoisotopic (exact) mass is 448 g/mol. The molecule has 2 atom stereocenters. The van der Waals surface area contributed by atoms with Gasteiger partial charge in [0.25, 0.3) is 0 Å². The second kappa shape index (κ2) is 8.90. The fraction of sp³-hybridized carbons (Fsp3) is 0.519. The summed E-state index contributed by atoms with van der Waals surface area (Å²) in [6.45, 7) is 9.33. The topological polar surface area (TPSA) is 48.1 Å². The van der Waals surface area contributed by atoms with Crippen LogP contribution in [-0.4, -0.2) is 67.2 Å². The van der Waals surface area contributed by atoms with Gasteiger partial charge in [0.15, 0.2) is 0 Å². The molecule has 2 aliphatic heterocycles.